The highest BCUT2D eigenvalue weighted by molar-refractivity contribution is 5.77. The van der Waals surface area contributed by atoms with Gasteiger partial charge in [-0.25, -0.2) is 0 Å². The molecule has 4 rings (SSSR count). The third-order valence-corrected chi connectivity index (χ3v) is 6.13. The molecule has 3 heterocycles. The van der Waals surface area contributed by atoms with Crippen molar-refractivity contribution in [3.63, 3.8) is 0 Å². The molecule has 0 N–H and O–H groups in total. The van der Waals surface area contributed by atoms with Gasteiger partial charge in [0.1, 0.15) is 11.6 Å². The van der Waals surface area contributed by atoms with Gasteiger partial charge in [-0.15, -0.1) is 10.2 Å². The second-order valence-corrected chi connectivity index (χ2v) is 8.13. The van der Waals surface area contributed by atoms with Gasteiger partial charge in [0, 0.05) is 38.4 Å². The summed E-state index contributed by atoms with van der Waals surface area (Å²) in [6, 6.07) is 10.3. The molecule has 2 atom stereocenters. The fourth-order valence-corrected chi connectivity index (χ4v) is 4.51. The maximum atomic E-state index is 12.9. The molecule has 2 aromatic rings. The minimum atomic E-state index is 0.253. The maximum Gasteiger partial charge on any atom is 0.223 e. The Morgan fingerprint density at radius 2 is 1.96 bits per heavy atom. The van der Waals surface area contributed by atoms with E-state index in [4.69, 9.17) is 0 Å². The molecule has 0 saturated carbocycles. The van der Waals surface area contributed by atoms with Gasteiger partial charge < -0.3 is 9.47 Å². The highest BCUT2D eigenvalue weighted by Gasteiger charge is 2.30. The molecule has 1 amide bonds. The van der Waals surface area contributed by atoms with Gasteiger partial charge >= 0.3 is 0 Å². The number of carbonyl (C=O) groups is 1. The van der Waals surface area contributed by atoms with Crippen molar-refractivity contribution in [3.8, 4) is 0 Å². The Bertz CT molecular complexity index is 770. The number of hydrogen-bond donors (Lipinski definition) is 0. The molecule has 5 heteroatoms. The predicted molar refractivity (Wildman–Crippen MR) is 106 cm³/mol. The van der Waals surface area contributed by atoms with Crippen LogP contribution in [0.5, 0.6) is 0 Å². The summed E-state index contributed by atoms with van der Waals surface area (Å²) < 4.78 is 2.35. The molecule has 1 aromatic heterocycles. The Balaban J connectivity index is 1.42. The SMILES string of the molecule is CC(CC(=O)N1CCCC(c2nnc3n2CCCCC3)C1)c1ccccc1. The van der Waals surface area contributed by atoms with E-state index in [2.05, 4.69) is 38.7 Å². The lowest BCUT2D eigenvalue weighted by atomic mass is 9.94. The van der Waals surface area contributed by atoms with E-state index in [1.165, 1.54) is 24.8 Å². The number of likely N-dealkylation sites (tertiary alicyclic amines) is 1. The van der Waals surface area contributed by atoms with Gasteiger partial charge in [-0.2, -0.15) is 0 Å². The molecule has 5 nitrogen and oxygen atoms in total. The van der Waals surface area contributed by atoms with Gasteiger partial charge in [0.25, 0.3) is 0 Å². The lowest BCUT2D eigenvalue weighted by molar-refractivity contribution is -0.132. The topological polar surface area (TPSA) is 51.0 Å². The molecule has 1 aromatic carbocycles. The first-order chi connectivity index (χ1) is 13.2. The van der Waals surface area contributed by atoms with Crippen LogP contribution in [0.2, 0.25) is 0 Å². The standard InChI is InChI=1S/C22H30N4O/c1-17(18-9-4-2-5-10-18)15-21(27)25-13-8-11-19(16-25)22-24-23-20-12-6-3-7-14-26(20)22/h2,4-5,9-10,17,19H,3,6-8,11-16H2,1H3. The number of hydrogen-bond acceptors (Lipinski definition) is 3. The molecule has 0 aliphatic carbocycles. The first kappa shape index (κ1) is 18.2. The quantitative estimate of drug-likeness (QED) is 0.824. The van der Waals surface area contributed by atoms with Gasteiger partial charge in [0.05, 0.1) is 0 Å². The highest BCUT2D eigenvalue weighted by Crippen LogP contribution is 2.29. The fourth-order valence-electron chi connectivity index (χ4n) is 4.51. The molecular formula is C22H30N4O. The third kappa shape index (κ3) is 4.07. The van der Waals surface area contributed by atoms with Gasteiger partial charge in [-0.1, -0.05) is 43.7 Å². The van der Waals surface area contributed by atoms with E-state index in [0.717, 1.165) is 50.5 Å². The average molecular weight is 367 g/mol. The second-order valence-electron chi connectivity index (χ2n) is 8.13. The number of amides is 1. The summed E-state index contributed by atoms with van der Waals surface area (Å²) in [5.74, 6) is 3.10. The molecule has 2 unspecified atom stereocenters. The minimum Gasteiger partial charge on any atom is -0.342 e. The Hall–Kier alpha value is -2.17. The third-order valence-electron chi connectivity index (χ3n) is 6.13. The molecule has 0 radical (unpaired) electrons. The molecule has 0 bridgehead atoms. The molecule has 144 valence electrons. The Morgan fingerprint density at radius 1 is 1.11 bits per heavy atom. The van der Waals surface area contributed by atoms with E-state index in [1.807, 2.05) is 18.2 Å². The van der Waals surface area contributed by atoms with Crippen LogP contribution < -0.4 is 0 Å². The van der Waals surface area contributed by atoms with E-state index in [0.29, 0.717) is 12.3 Å². The number of piperidine rings is 1. The molecule has 27 heavy (non-hydrogen) atoms. The second kappa shape index (κ2) is 8.24. The summed E-state index contributed by atoms with van der Waals surface area (Å²) in [5, 5.41) is 9.00. The van der Waals surface area contributed by atoms with E-state index in [9.17, 15) is 4.79 Å². The number of aromatic nitrogens is 3. The molecule has 1 fully saturated rings. The van der Waals surface area contributed by atoms with Crippen molar-refractivity contribution in [2.45, 2.75) is 70.3 Å². The zero-order valence-electron chi connectivity index (χ0n) is 16.3. The van der Waals surface area contributed by atoms with Crippen LogP contribution in [-0.2, 0) is 17.8 Å². The van der Waals surface area contributed by atoms with Crippen LogP contribution in [-0.4, -0.2) is 38.7 Å². The summed E-state index contributed by atoms with van der Waals surface area (Å²) in [7, 11) is 0. The molecule has 1 saturated heterocycles. The summed E-state index contributed by atoms with van der Waals surface area (Å²) in [6.07, 6.45) is 7.47. The van der Waals surface area contributed by atoms with E-state index in [1.54, 1.807) is 0 Å². The Kier molecular flexibility index (Phi) is 5.55. The van der Waals surface area contributed by atoms with Crippen molar-refractivity contribution < 1.29 is 4.79 Å². The summed E-state index contributed by atoms with van der Waals surface area (Å²) >= 11 is 0. The van der Waals surface area contributed by atoms with Crippen LogP contribution in [0.3, 0.4) is 0 Å². The Labute approximate surface area is 161 Å². The molecular weight excluding hydrogens is 336 g/mol. The fraction of sp³-hybridized carbons (Fsp3) is 0.591. The first-order valence-electron chi connectivity index (χ1n) is 10.5. The molecule has 2 aliphatic rings. The van der Waals surface area contributed by atoms with Gasteiger partial charge in [-0.3, -0.25) is 4.79 Å². The van der Waals surface area contributed by atoms with Crippen molar-refractivity contribution in [3.05, 3.63) is 47.5 Å². The largest absolute Gasteiger partial charge is 0.342 e. The van der Waals surface area contributed by atoms with Crippen LogP contribution in [0.4, 0.5) is 0 Å². The highest BCUT2D eigenvalue weighted by atomic mass is 16.2. The lowest BCUT2D eigenvalue weighted by Gasteiger charge is -2.33. The number of rotatable bonds is 4. The summed E-state index contributed by atoms with van der Waals surface area (Å²) in [4.78, 5) is 15.0. The van der Waals surface area contributed by atoms with E-state index in [-0.39, 0.29) is 11.8 Å². The number of carbonyl (C=O) groups excluding carboxylic acids is 1. The number of nitrogens with zero attached hydrogens (tertiary/aromatic N) is 4. The smallest absolute Gasteiger partial charge is 0.223 e. The minimum absolute atomic E-state index is 0.253. The van der Waals surface area contributed by atoms with Crippen LogP contribution in [0.25, 0.3) is 0 Å². The maximum absolute atomic E-state index is 12.9. The van der Waals surface area contributed by atoms with Gasteiger partial charge in [0.2, 0.25) is 5.91 Å². The van der Waals surface area contributed by atoms with Crippen molar-refractivity contribution in [1.29, 1.82) is 0 Å². The van der Waals surface area contributed by atoms with Crippen LogP contribution >= 0.6 is 0 Å². The van der Waals surface area contributed by atoms with Gasteiger partial charge in [-0.05, 0) is 37.2 Å². The molecule has 2 aliphatic heterocycles. The van der Waals surface area contributed by atoms with Crippen LogP contribution in [0.1, 0.15) is 74.5 Å². The van der Waals surface area contributed by atoms with Crippen LogP contribution in [0, 0.1) is 0 Å². The zero-order chi connectivity index (χ0) is 18.6. The van der Waals surface area contributed by atoms with E-state index < -0.39 is 0 Å². The predicted octanol–water partition coefficient (Wildman–Crippen LogP) is 3.90. The number of fused-ring (bicyclic) bond motifs is 1. The van der Waals surface area contributed by atoms with Crippen molar-refractivity contribution >= 4 is 5.91 Å². The summed E-state index contributed by atoms with van der Waals surface area (Å²) in [6.45, 7) is 4.84. The van der Waals surface area contributed by atoms with Gasteiger partial charge in [0.15, 0.2) is 0 Å². The normalized spacial score (nSPS) is 21.4. The van der Waals surface area contributed by atoms with Crippen LogP contribution in [0.15, 0.2) is 30.3 Å². The van der Waals surface area contributed by atoms with Crippen molar-refractivity contribution in [2.24, 2.45) is 0 Å². The monoisotopic (exact) mass is 366 g/mol. The van der Waals surface area contributed by atoms with Crippen molar-refractivity contribution in [1.82, 2.24) is 19.7 Å². The molecule has 0 spiro atoms. The number of benzene rings is 1. The zero-order valence-corrected chi connectivity index (χ0v) is 16.3. The van der Waals surface area contributed by atoms with Crippen molar-refractivity contribution in [2.75, 3.05) is 13.1 Å². The van der Waals surface area contributed by atoms with E-state index >= 15 is 0 Å². The number of aryl methyl sites for hydroxylation is 1. The lowest BCUT2D eigenvalue weighted by Crippen LogP contribution is -2.40. The first-order valence-corrected chi connectivity index (χ1v) is 10.5. The Morgan fingerprint density at radius 3 is 2.81 bits per heavy atom. The summed E-state index contributed by atoms with van der Waals surface area (Å²) in [5.41, 5.74) is 1.24. The average Bonchev–Trinajstić information content (AvgIpc) is 2.97.